The summed E-state index contributed by atoms with van der Waals surface area (Å²) in [7, 11) is 1.51. The van der Waals surface area contributed by atoms with Gasteiger partial charge in [0.15, 0.2) is 12.4 Å². The SMILES string of the molecule is COc1ccc(-c2oc3c(C)cc(C)cc3c(=O)c2OCC(=O)Nc2ccccc2C(F)(F)F)cc1. The van der Waals surface area contributed by atoms with Gasteiger partial charge in [0.05, 0.1) is 23.7 Å². The summed E-state index contributed by atoms with van der Waals surface area (Å²) in [5, 5.41) is 2.47. The van der Waals surface area contributed by atoms with Crippen molar-refractivity contribution in [2.75, 3.05) is 19.0 Å². The first kappa shape index (κ1) is 24.8. The number of benzene rings is 3. The van der Waals surface area contributed by atoms with Gasteiger partial charge < -0.3 is 19.2 Å². The van der Waals surface area contributed by atoms with Crippen LogP contribution in [0.2, 0.25) is 0 Å². The van der Waals surface area contributed by atoms with Crippen molar-refractivity contribution >= 4 is 22.6 Å². The molecule has 0 atom stereocenters. The first-order valence-electron chi connectivity index (χ1n) is 10.9. The molecule has 6 nitrogen and oxygen atoms in total. The number of halogens is 3. The number of para-hydroxylation sites is 1. The molecule has 0 aliphatic carbocycles. The van der Waals surface area contributed by atoms with Crippen molar-refractivity contribution < 1.29 is 31.9 Å². The monoisotopic (exact) mass is 497 g/mol. The number of amides is 1. The number of carbonyl (C=O) groups is 1. The van der Waals surface area contributed by atoms with Crippen LogP contribution in [0.1, 0.15) is 16.7 Å². The first-order chi connectivity index (χ1) is 17.1. The second-order valence-electron chi connectivity index (χ2n) is 8.16. The predicted octanol–water partition coefficient (Wildman–Crippen LogP) is 6.12. The highest BCUT2D eigenvalue weighted by molar-refractivity contribution is 5.93. The second-order valence-corrected chi connectivity index (χ2v) is 8.16. The summed E-state index contributed by atoms with van der Waals surface area (Å²) in [5.74, 6) is -0.423. The summed E-state index contributed by atoms with van der Waals surface area (Å²) >= 11 is 0. The third-order valence-corrected chi connectivity index (χ3v) is 5.49. The van der Waals surface area contributed by atoms with E-state index in [0.717, 1.165) is 23.3 Å². The molecule has 0 fully saturated rings. The number of hydrogen-bond donors (Lipinski definition) is 1. The van der Waals surface area contributed by atoms with Crippen LogP contribution in [0.5, 0.6) is 11.5 Å². The molecule has 3 aromatic carbocycles. The van der Waals surface area contributed by atoms with E-state index in [1.54, 1.807) is 30.3 Å². The third kappa shape index (κ3) is 5.05. The molecule has 0 aliphatic rings. The molecular weight excluding hydrogens is 475 g/mol. The van der Waals surface area contributed by atoms with Crippen LogP contribution in [0.4, 0.5) is 18.9 Å². The Morgan fingerprint density at radius 1 is 1.03 bits per heavy atom. The molecule has 0 aliphatic heterocycles. The number of rotatable bonds is 6. The lowest BCUT2D eigenvalue weighted by molar-refractivity contribution is -0.137. The summed E-state index contributed by atoms with van der Waals surface area (Å²) in [6.45, 7) is 2.92. The molecule has 0 spiro atoms. The number of anilines is 1. The van der Waals surface area contributed by atoms with Gasteiger partial charge in [0.1, 0.15) is 11.3 Å². The quantitative estimate of drug-likeness (QED) is 0.347. The zero-order chi connectivity index (χ0) is 26.0. The van der Waals surface area contributed by atoms with E-state index < -0.39 is 35.4 Å². The van der Waals surface area contributed by atoms with Crippen molar-refractivity contribution in [2.24, 2.45) is 0 Å². The first-order valence-corrected chi connectivity index (χ1v) is 10.9. The molecule has 186 valence electrons. The molecule has 1 aromatic heterocycles. The van der Waals surface area contributed by atoms with Crippen LogP contribution >= 0.6 is 0 Å². The number of nitrogens with one attached hydrogen (secondary N) is 1. The van der Waals surface area contributed by atoms with Crippen LogP contribution in [-0.2, 0) is 11.0 Å². The number of alkyl halides is 3. The van der Waals surface area contributed by atoms with Gasteiger partial charge in [-0.3, -0.25) is 9.59 Å². The van der Waals surface area contributed by atoms with Gasteiger partial charge in [-0.15, -0.1) is 0 Å². The van der Waals surface area contributed by atoms with Gasteiger partial charge in [-0.1, -0.05) is 18.2 Å². The highest BCUT2D eigenvalue weighted by Gasteiger charge is 2.33. The minimum atomic E-state index is -4.65. The van der Waals surface area contributed by atoms with E-state index in [1.165, 1.54) is 19.2 Å². The summed E-state index contributed by atoms with van der Waals surface area (Å²) in [5.41, 5.74) is 0.526. The Kier molecular flexibility index (Phi) is 6.74. The number of fused-ring (bicyclic) bond motifs is 1. The Hall–Kier alpha value is -4.27. The van der Waals surface area contributed by atoms with Crippen LogP contribution < -0.4 is 20.2 Å². The van der Waals surface area contributed by atoms with Crippen molar-refractivity contribution in [3.8, 4) is 22.8 Å². The van der Waals surface area contributed by atoms with Gasteiger partial charge in [-0.2, -0.15) is 13.2 Å². The zero-order valence-corrected chi connectivity index (χ0v) is 19.7. The van der Waals surface area contributed by atoms with E-state index in [9.17, 15) is 22.8 Å². The van der Waals surface area contributed by atoms with Crippen molar-refractivity contribution in [3.63, 3.8) is 0 Å². The van der Waals surface area contributed by atoms with Crippen LogP contribution in [0, 0.1) is 13.8 Å². The maximum Gasteiger partial charge on any atom is 0.418 e. The van der Waals surface area contributed by atoms with Gasteiger partial charge in [0.25, 0.3) is 5.91 Å². The van der Waals surface area contributed by atoms with Gasteiger partial charge in [-0.25, -0.2) is 0 Å². The van der Waals surface area contributed by atoms with Crippen molar-refractivity contribution in [1.82, 2.24) is 0 Å². The third-order valence-electron chi connectivity index (χ3n) is 5.49. The molecule has 4 rings (SSSR count). The average molecular weight is 497 g/mol. The van der Waals surface area contributed by atoms with Crippen LogP contribution in [0.25, 0.3) is 22.3 Å². The summed E-state index contributed by atoms with van der Waals surface area (Å²) in [4.78, 5) is 25.9. The van der Waals surface area contributed by atoms with Gasteiger partial charge in [0, 0.05) is 5.56 Å². The van der Waals surface area contributed by atoms with Gasteiger partial charge >= 0.3 is 6.18 Å². The summed E-state index contributed by atoms with van der Waals surface area (Å²) in [6, 6.07) is 14.8. The molecule has 4 aromatic rings. The number of carbonyl (C=O) groups excluding carboxylic acids is 1. The summed E-state index contributed by atoms with van der Waals surface area (Å²) in [6.07, 6.45) is -4.65. The molecule has 0 saturated heterocycles. The van der Waals surface area contributed by atoms with Crippen LogP contribution in [-0.4, -0.2) is 19.6 Å². The van der Waals surface area contributed by atoms with Crippen LogP contribution in [0.3, 0.4) is 0 Å². The minimum absolute atomic E-state index is 0.0885. The summed E-state index contributed by atoms with van der Waals surface area (Å²) < 4.78 is 56.7. The molecular formula is C27H22F3NO5. The maximum absolute atomic E-state index is 13.4. The average Bonchev–Trinajstić information content (AvgIpc) is 2.83. The lowest BCUT2D eigenvalue weighted by Gasteiger charge is -2.15. The standard InChI is InChI=1S/C27H22F3NO5/c1-15-12-16(2)24-19(13-15)23(33)26(25(36-24)17-8-10-18(34-3)11-9-17)35-14-22(32)31-21-7-5-4-6-20(21)27(28,29)30/h4-13H,14H2,1-3H3,(H,31,32). The highest BCUT2D eigenvalue weighted by Crippen LogP contribution is 2.35. The van der Waals surface area contributed by atoms with E-state index in [0.29, 0.717) is 16.9 Å². The van der Waals surface area contributed by atoms with Crippen molar-refractivity contribution in [1.29, 1.82) is 0 Å². The topological polar surface area (TPSA) is 77.8 Å². The Morgan fingerprint density at radius 3 is 2.39 bits per heavy atom. The Bertz CT molecular complexity index is 1490. The van der Waals surface area contributed by atoms with Crippen LogP contribution in [0.15, 0.2) is 69.9 Å². The number of ether oxygens (including phenoxy) is 2. The predicted molar refractivity (Wildman–Crippen MR) is 130 cm³/mol. The fraction of sp³-hybridized carbons (Fsp3) is 0.185. The van der Waals surface area contributed by atoms with Gasteiger partial charge in [-0.05, 0) is 67.4 Å². The molecule has 0 saturated carbocycles. The molecule has 36 heavy (non-hydrogen) atoms. The molecule has 0 unspecified atom stereocenters. The van der Waals surface area contributed by atoms with E-state index in [-0.39, 0.29) is 16.9 Å². The van der Waals surface area contributed by atoms with E-state index in [4.69, 9.17) is 13.9 Å². The Morgan fingerprint density at radius 2 is 1.72 bits per heavy atom. The molecule has 1 amide bonds. The second kappa shape index (κ2) is 9.77. The maximum atomic E-state index is 13.4. The lowest BCUT2D eigenvalue weighted by Crippen LogP contribution is -2.24. The molecule has 1 N–H and O–H groups in total. The normalized spacial score (nSPS) is 11.4. The fourth-order valence-corrected chi connectivity index (χ4v) is 3.86. The number of hydrogen-bond acceptors (Lipinski definition) is 5. The molecule has 9 heteroatoms. The van der Waals surface area contributed by atoms with Crippen molar-refractivity contribution in [3.05, 3.63) is 87.6 Å². The van der Waals surface area contributed by atoms with E-state index in [1.807, 2.05) is 19.9 Å². The molecule has 0 radical (unpaired) electrons. The largest absolute Gasteiger partial charge is 0.497 e. The van der Waals surface area contributed by atoms with Gasteiger partial charge in [0.2, 0.25) is 11.2 Å². The van der Waals surface area contributed by atoms with E-state index in [2.05, 4.69) is 5.32 Å². The van der Waals surface area contributed by atoms with E-state index >= 15 is 0 Å². The number of methoxy groups -OCH3 is 1. The minimum Gasteiger partial charge on any atom is -0.497 e. The Balaban J connectivity index is 1.72. The molecule has 1 heterocycles. The Labute approximate surface area is 204 Å². The molecule has 0 bridgehead atoms. The smallest absolute Gasteiger partial charge is 0.418 e. The highest BCUT2D eigenvalue weighted by atomic mass is 19.4. The lowest BCUT2D eigenvalue weighted by atomic mass is 10.1. The number of aryl methyl sites for hydroxylation is 2. The van der Waals surface area contributed by atoms with Crippen molar-refractivity contribution in [2.45, 2.75) is 20.0 Å². The fourth-order valence-electron chi connectivity index (χ4n) is 3.86. The zero-order valence-electron chi connectivity index (χ0n) is 19.7.